The fourth-order valence-corrected chi connectivity index (χ4v) is 4.14. The maximum Gasteiger partial charge on any atom is 0.419 e. The maximum atomic E-state index is 12.9. The number of amides is 1. The van der Waals surface area contributed by atoms with Gasteiger partial charge in [0.05, 0.1) is 5.52 Å². The van der Waals surface area contributed by atoms with Crippen LogP contribution in [0.5, 0.6) is 0 Å². The zero-order valence-corrected chi connectivity index (χ0v) is 15.9. The summed E-state index contributed by atoms with van der Waals surface area (Å²) in [5, 5.41) is 8.60. The van der Waals surface area contributed by atoms with Crippen molar-refractivity contribution in [2.24, 2.45) is 0 Å². The summed E-state index contributed by atoms with van der Waals surface area (Å²) in [6, 6.07) is 13.1. The molecule has 0 saturated carbocycles. The molecule has 4 aromatic rings. The number of para-hydroxylation sites is 2. The quantitative estimate of drug-likeness (QED) is 0.533. The van der Waals surface area contributed by atoms with Gasteiger partial charge in [-0.3, -0.25) is 13.8 Å². The van der Waals surface area contributed by atoms with Crippen LogP contribution in [0, 0.1) is 0 Å². The van der Waals surface area contributed by atoms with Gasteiger partial charge in [-0.15, -0.1) is 10.2 Å². The Morgan fingerprint density at radius 3 is 2.93 bits per heavy atom. The number of carbonyl (C=O) groups is 1. The third-order valence-electron chi connectivity index (χ3n) is 5.60. The number of benzene rings is 1. The molecule has 1 unspecified atom stereocenters. The smallest absolute Gasteiger partial charge is 0.408 e. The first kappa shape index (κ1) is 17.7. The number of piperidine rings is 1. The van der Waals surface area contributed by atoms with E-state index in [-0.39, 0.29) is 18.2 Å². The average Bonchev–Trinajstić information content (AvgIpc) is 3.32. The lowest BCUT2D eigenvalue weighted by molar-refractivity contribution is -0.132. The highest BCUT2D eigenvalue weighted by atomic mass is 16.4. The minimum atomic E-state index is -0.426. The number of aryl methyl sites for hydroxylation is 1. The first-order chi connectivity index (χ1) is 14.2. The zero-order valence-electron chi connectivity index (χ0n) is 15.9. The summed E-state index contributed by atoms with van der Waals surface area (Å²) >= 11 is 0. The van der Waals surface area contributed by atoms with Crippen LogP contribution < -0.4 is 5.76 Å². The maximum absolute atomic E-state index is 12.9. The van der Waals surface area contributed by atoms with Crippen molar-refractivity contribution in [2.75, 3.05) is 13.1 Å². The van der Waals surface area contributed by atoms with Crippen molar-refractivity contribution in [1.82, 2.24) is 24.1 Å². The number of likely N-dealkylation sites (tertiary alicyclic amines) is 1. The molecule has 8 heteroatoms. The second-order valence-corrected chi connectivity index (χ2v) is 7.40. The van der Waals surface area contributed by atoms with E-state index in [1.807, 2.05) is 51.9 Å². The molecule has 3 aromatic heterocycles. The van der Waals surface area contributed by atoms with Gasteiger partial charge in [0, 0.05) is 38.2 Å². The molecular formula is C21H21N5O3. The predicted octanol–water partition coefficient (Wildman–Crippen LogP) is 2.43. The number of aromatic nitrogens is 4. The minimum absolute atomic E-state index is 0.0423. The van der Waals surface area contributed by atoms with Crippen LogP contribution in [0.15, 0.2) is 57.9 Å². The molecule has 1 saturated heterocycles. The van der Waals surface area contributed by atoms with Crippen molar-refractivity contribution in [1.29, 1.82) is 0 Å². The highest BCUT2D eigenvalue weighted by Gasteiger charge is 2.27. The van der Waals surface area contributed by atoms with Crippen molar-refractivity contribution >= 4 is 22.7 Å². The number of rotatable bonds is 4. The van der Waals surface area contributed by atoms with E-state index >= 15 is 0 Å². The highest BCUT2D eigenvalue weighted by Crippen LogP contribution is 2.26. The fourth-order valence-electron chi connectivity index (χ4n) is 4.14. The van der Waals surface area contributed by atoms with Crippen LogP contribution in [-0.4, -0.2) is 43.1 Å². The summed E-state index contributed by atoms with van der Waals surface area (Å²) < 4.78 is 8.77. The molecule has 1 aliphatic heterocycles. The van der Waals surface area contributed by atoms with E-state index in [0.29, 0.717) is 18.7 Å². The lowest BCUT2D eigenvalue weighted by Crippen LogP contribution is -2.40. The Morgan fingerprint density at radius 1 is 1.14 bits per heavy atom. The second-order valence-electron chi connectivity index (χ2n) is 7.40. The molecule has 8 nitrogen and oxygen atoms in total. The van der Waals surface area contributed by atoms with Gasteiger partial charge in [-0.1, -0.05) is 18.2 Å². The summed E-state index contributed by atoms with van der Waals surface area (Å²) in [7, 11) is 0. The van der Waals surface area contributed by atoms with E-state index in [1.165, 1.54) is 4.57 Å². The number of oxazole rings is 1. The van der Waals surface area contributed by atoms with Crippen LogP contribution in [-0.2, 0) is 11.3 Å². The van der Waals surface area contributed by atoms with E-state index in [4.69, 9.17) is 4.42 Å². The van der Waals surface area contributed by atoms with Gasteiger partial charge in [-0.25, -0.2) is 4.79 Å². The minimum Gasteiger partial charge on any atom is -0.408 e. The van der Waals surface area contributed by atoms with Gasteiger partial charge in [0.25, 0.3) is 0 Å². The van der Waals surface area contributed by atoms with E-state index in [9.17, 15) is 9.59 Å². The molecule has 1 aliphatic rings. The van der Waals surface area contributed by atoms with Crippen molar-refractivity contribution in [2.45, 2.75) is 31.7 Å². The molecule has 1 aromatic carbocycles. The standard InChI is InChI=1S/C21H21N5O3/c27-19(10-13-25-16-7-1-2-8-17(16)29-21(25)28)24-11-5-6-15(14-24)20-23-22-18-9-3-4-12-26(18)20/h1-4,7-9,12,15H,5-6,10-11,13-14H2. The lowest BCUT2D eigenvalue weighted by Gasteiger charge is -2.32. The van der Waals surface area contributed by atoms with Crippen LogP contribution in [0.2, 0.25) is 0 Å². The number of pyridine rings is 1. The van der Waals surface area contributed by atoms with E-state index in [1.54, 1.807) is 6.07 Å². The van der Waals surface area contributed by atoms with Crippen LogP contribution >= 0.6 is 0 Å². The summed E-state index contributed by atoms with van der Waals surface area (Å²) in [6.07, 6.45) is 4.12. The molecule has 0 N–H and O–H groups in total. The Morgan fingerprint density at radius 2 is 2.00 bits per heavy atom. The monoisotopic (exact) mass is 391 g/mol. The number of fused-ring (bicyclic) bond motifs is 2. The van der Waals surface area contributed by atoms with Crippen LogP contribution in [0.25, 0.3) is 16.7 Å². The van der Waals surface area contributed by atoms with Crippen molar-refractivity contribution in [3.05, 3.63) is 65.0 Å². The van der Waals surface area contributed by atoms with Gasteiger partial charge in [-0.2, -0.15) is 0 Å². The third-order valence-corrected chi connectivity index (χ3v) is 5.60. The van der Waals surface area contributed by atoms with E-state index in [0.717, 1.165) is 36.4 Å². The normalized spacial score (nSPS) is 17.2. The average molecular weight is 391 g/mol. The van der Waals surface area contributed by atoms with Crippen LogP contribution in [0.1, 0.15) is 31.0 Å². The van der Waals surface area contributed by atoms with Gasteiger partial charge in [0.2, 0.25) is 5.91 Å². The molecule has 0 bridgehead atoms. The first-order valence-electron chi connectivity index (χ1n) is 9.86. The molecular weight excluding hydrogens is 370 g/mol. The summed E-state index contributed by atoms with van der Waals surface area (Å²) in [6.45, 7) is 1.66. The number of hydrogen-bond acceptors (Lipinski definition) is 5. The molecule has 1 atom stereocenters. The predicted molar refractivity (Wildman–Crippen MR) is 107 cm³/mol. The lowest BCUT2D eigenvalue weighted by atomic mass is 9.97. The first-order valence-corrected chi connectivity index (χ1v) is 9.86. The van der Waals surface area contributed by atoms with Crippen molar-refractivity contribution in [3.63, 3.8) is 0 Å². The van der Waals surface area contributed by atoms with Crippen molar-refractivity contribution in [3.8, 4) is 0 Å². The molecule has 29 heavy (non-hydrogen) atoms. The molecule has 0 aliphatic carbocycles. The van der Waals surface area contributed by atoms with Crippen LogP contribution in [0.4, 0.5) is 0 Å². The van der Waals surface area contributed by atoms with E-state index < -0.39 is 5.76 Å². The van der Waals surface area contributed by atoms with Crippen LogP contribution in [0.3, 0.4) is 0 Å². The third kappa shape index (κ3) is 3.20. The largest absolute Gasteiger partial charge is 0.419 e. The Kier molecular flexibility index (Phi) is 4.38. The van der Waals surface area contributed by atoms with Gasteiger partial charge in [0.1, 0.15) is 5.82 Å². The van der Waals surface area contributed by atoms with Gasteiger partial charge < -0.3 is 9.32 Å². The summed E-state index contributed by atoms with van der Waals surface area (Å²) in [5.74, 6) is 0.670. The molecule has 1 amide bonds. The number of nitrogens with zero attached hydrogens (tertiary/aromatic N) is 5. The Labute approximate surface area is 166 Å². The SMILES string of the molecule is O=C(CCn1c(=O)oc2ccccc21)N1CCCC(c2nnc3ccccn23)C1. The number of carbonyl (C=O) groups excluding carboxylic acids is 1. The molecule has 4 heterocycles. The summed E-state index contributed by atoms with van der Waals surface area (Å²) in [5.41, 5.74) is 2.08. The molecule has 148 valence electrons. The molecule has 0 spiro atoms. The topological polar surface area (TPSA) is 85.6 Å². The number of hydrogen-bond donors (Lipinski definition) is 0. The fraction of sp³-hybridized carbons (Fsp3) is 0.333. The summed E-state index contributed by atoms with van der Waals surface area (Å²) in [4.78, 5) is 26.8. The molecule has 0 radical (unpaired) electrons. The Bertz CT molecular complexity index is 1240. The Hall–Kier alpha value is -3.42. The zero-order chi connectivity index (χ0) is 19.8. The Balaban J connectivity index is 1.30. The van der Waals surface area contributed by atoms with Crippen molar-refractivity contribution < 1.29 is 9.21 Å². The van der Waals surface area contributed by atoms with E-state index in [2.05, 4.69) is 10.2 Å². The highest BCUT2D eigenvalue weighted by molar-refractivity contribution is 5.77. The molecule has 1 fully saturated rings. The van der Waals surface area contributed by atoms with Gasteiger partial charge >= 0.3 is 5.76 Å². The van der Waals surface area contributed by atoms with Gasteiger partial charge in [-0.05, 0) is 37.1 Å². The van der Waals surface area contributed by atoms with Gasteiger partial charge in [0.15, 0.2) is 11.2 Å². The molecule has 5 rings (SSSR count). The second kappa shape index (κ2) is 7.20.